The third kappa shape index (κ3) is 3.15. The summed E-state index contributed by atoms with van der Waals surface area (Å²) in [4.78, 5) is 14.6. The molecule has 1 fully saturated rings. The number of hydrogen-bond acceptors (Lipinski definition) is 3. The molecule has 1 saturated carbocycles. The maximum absolute atomic E-state index is 12.6. The van der Waals surface area contributed by atoms with E-state index in [0.717, 1.165) is 38.6 Å². The van der Waals surface area contributed by atoms with Crippen molar-refractivity contribution in [2.24, 2.45) is 12.8 Å². The van der Waals surface area contributed by atoms with E-state index >= 15 is 0 Å². The predicted octanol–water partition coefficient (Wildman–Crippen LogP) is 1.54. The summed E-state index contributed by atoms with van der Waals surface area (Å²) >= 11 is 0. The van der Waals surface area contributed by atoms with E-state index < -0.39 is 0 Å². The van der Waals surface area contributed by atoms with Crippen LogP contribution in [0.25, 0.3) is 0 Å². The number of hydrogen-bond donors (Lipinski definition) is 1. The molecule has 0 bridgehead atoms. The van der Waals surface area contributed by atoms with Crippen LogP contribution in [0.4, 0.5) is 0 Å². The molecular weight excluding hydrogens is 240 g/mol. The SMILES string of the molecule is CCCN(C(=O)c1ccnn1C)C1CCC(N)CC1. The number of carbonyl (C=O) groups is 1. The summed E-state index contributed by atoms with van der Waals surface area (Å²) in [7, 11) is 1.81. The average molecular weight is 264 g/mol. The van der Waals surface area contributed by atoms with E-state index in [4.69, 9.17) is 5.73 Å². The van der Waals surface area contributed by atoms with Crippen molar-refractivity contribution < 1.29 is 4.79 Å². The highest BCUT2D eigenvalue weighted by Crippen LogP contribution is 2.23. The van der Waals surface area contributed by atoms with Crippen LogP contribution in [0.3, 0.4) is 0 Å². The quantitative estimate of drug-likeness (QED) is 0.897. The molecule has 106 valence electrons. The lowest BCUT2D eigenvalue weighted by Gasteiger charge is -2.36. The van der Waals surface area contributed by atoms with Gasteiger partial charge in [-0.3, -0.25) is 9.48 Å². The van der Waals surface area contributed by atoms with Gasteiger partial charge >= 0.3 is 0 Å². The molecule has 1 aliphatic rings. The number of carbonyl (C=O) groups excluding carboxylic acids is 1. The highest BCUT2D eigenvalue weighted by Gasteiger charge is 2.28. The zero-order valence-corrected chi connectivity index (χ0v) is 11.9. The van der Waals surface area contributed by atoms with Crippen LogP contribution in [0, 0.1) is 0 Å². The van der Waals surface area contributed by atoms with E-state index in [1.807, 2.05) is 11.9 Å². The Morgan fingerprint density at radius 2 is 2.16 bits per heavy atom. The first kappa shape index (κ1) is 14.1. The van der Waals surface area contributed by atoms with Crippen LogP contribution in [0.15, 0.2) is 12.3 Å². The summed E-state index contributed by atoms with van der Waals surface area (Å²) in [6, 6.07) is 2.44. The van der Waals surface area contributed by atoms with Crippen LogP contribution in [-0.4, -0.2) is 39.2 Å². The summed E-state index contributed by atoms with van der Waals surface area (Å²) in [6.07, 6.45) is 6.73. The summed E-state index contributed by atoms with van der Waals surface area (Å²) in [5.41, 5.74) is 6.62. The van der Waals surface area contributed by atoms with Crippen molar-refractivity contribution in [3.05, 3.63) is 18.0 Å². The van der Waals surface area contributed by atoms with Crippen LogP contribution in [-0.2, 0) is 7.05 Å². The van der Waals surface area contributed by atoms with E-state index in [2.05, 4.69) is 12.0 Å². The van der Waals surface area contributed by atoms with Gasteiger partial charge in [0, 0.05) is 31.9 Å². The molecule has 1 aromatic heterocycles. The number of nitrogens with two attached hydrogens (primary N) is 1. The summed E-state index contributed by atoms with van der Waals surface area (Å²) < 4.78 is 1.65. The van der Waals surface area contributed by atoms with E-state index in [-0.39, 0.29) is 5.91 Å². The van der Waals surface area contributed by atoms with Gasteiger partial charge in [-0.15, -0.1) is 0 Å². The predicted molar refractivity (Wildman–Crippen MR) is 74.8 cm³/mol. The Labute approximate surface area is 114 Å². The lowest BCUT2D eigenvalue weighted by Crippen LogP contribution is -2.45. The van der Waals surface area contributed by atoms with E-state index in [1.165, 1.54) is 0 Å². The highest BCUT2D eigenvalue weighted by atomic mass is 16.2. The lowest BCUT2D eigenvalue weighted by atomic mass is 9.90. The Hall–Kier alpha value is -1.36. The standard InChI is InChI=1S/C14H24N4O/c1-3-10-18(12-6-4-11(15)5-7-12)14(19)13-8-9-16-17(13)2/h8-9,11-12H,3-7,10,15H2,1-2H3. The smallest absolute Gasteiger partial charge is 0.272 e. The maximum atomic E-state index is 12.6. The molecule has 1 aliphatic carbocycles. The molecule has 0 aromatic carbocycles. The van der Waals surface area contributed by atoms with Crippen molar-refractivity contribution in [1.29, 1.82) is 0 Å². The molecule has 1 aromatic rings. The molecule has 2 N–H and O–H groups in total. The first-order chi connectivity index (χ1) is 9.13. The van der Waals surface area contributed by atoms with Crippen molar-refractivity contribution in [1.82, 2.24) is 14.7 Å². The topological polar surface area (TPSA) is 64.2 Å². The fourth-order valence-electron chi connectivity index (χ4n) is 2.83. The zero-order valence-electron chi connectivity index (χ0n) is 11.9. The molecule has 1 heterocycles. The molecule has 19 heavy (non-hydrogen) atoms. The normalized spacial score (nSPS) is 23.3. The van der Waals surface area contributed by atoms with Gasteiger partial charge in [0.05, 0.1) is 0 Å². The Bertz CT molecular complexity index is 421. The fraction of sp³-hybridized carbons (Fsp3) is 0.714. The van der Waals surface area contributed by atoms with Crippen LogP contribution in [0.2, 0.25) is 0 Å². The van der Waals surface area contributed by atoms with E-state index in [1.54, 1.807) is 16.9 Å². The van der Waals surface area contributed by atoms with Gasteiger partial charge in [0.15, 0.2) is 0 Å². The average Bonchev–Trinajstić information content (AvgIpc) is 2.83. The fourth-order valence-corrected chi connectivity index (χ4v) is 2.83. The molecular formula is C14H24N4O. The van der Waals surface area contributed by atoms with Crippen LogP contribution in [0.5, 0.6) is 0 Å². The molecule has 0 aliphatic heterocycles. The minimum absolute atomic E-state index is 0.0994. The van der Waals surface area contributed by atoms with Gasteiger partial charge in [0.2, 0.25) is 0 Å². The van der Waals surface area contributed by atoms with Gasteiger partial charge in [0.1, 0.15) is 5.69 Å². The number of rotatable bonds is 4. The van der Waals surface area contributed by atoms with Crippen molar-refractivity contribution in [3.63, 3.8) is 0 Å². The monoisotopic (exact) mass is 264 g/mol. The molecule has 0 atom stereocenters. The minimum Gasteiger partial charge on any atom is -0.334 e. The molecule has 0 spiro atoms. The van der Waals surface area contributed by atoms with Crippen molar-refractivity contribution >= 4 is 5.91 Å². The molecule has 5 nitrogen and oxygen atoms in total. The Morgan fingerprint density at radius 1 is 1.47 bits per heavy atom. The molecule has 5 heteroatoms. The number of aromatic nitrogens is 2. The van der Waals surface area contributed by atoms with Crippen LogP contribution >= 0.6 is 0 Å². The van der Waals surface area contributed by atoms with Crippen LogP contribution in [0.1, 0.15) is 49.5 Å². The Balaban J connectivity index is 2.11. The molecule has 0 unspecified atom stereocenters. The third-order valence-electron chi connectivity index (χ3n) is 3.95. The van der Waals surface area contributed by atoms with Gasteiger partial charge in [0.25, 0.3) is 5.91 Å². The number of nitrogens with zero attached hydrogens (tertiary/aromatic N) is 3. The lowest BCUT2D eigenvalue weighted by molar-refractivity contribution is 0.0615. The summed E-state index contributed by atoms with van der Waals surface area (Å²) in [6.45, 7) is 2.92. The molecule has 0 radical (unpaired) electrons. The Kier molecular flexibility index (Phi) is 4.58. The molecule has 1 amide bonds. The first-order valence-electron chi connectivity index (χ1n) is 7.18. The second kappa shape index (κ2) is 6.19. The number of amides is 1. The van der Waals surface area contributed by atoms with Gasteiger partial charge in [-0.25, -0.2) is 0 Å². The number of aryl methyl sites for hydroxylation is 1. The molecule has 0 saturated heterocycles. The summed E-state index contributed by atoms with van der Waals surface area (Å²) in [5, 5.41) is 4.09. The van der Waals surface area contributed by atoms with Gasteiger partial charge in [-0.1, -0.05) is 6.92 Å². The largest absolute Gasteiger partial charge is 0.334 e. The minimum atomic E-state index is 0.0994. The van der Waals surface area contributed by atoms with Gasteiger partial charge in [-0.2, -0.15) is 5.10 Å². The second-order valence-corrected chi connectivity index (χ2v) is 5.41. The zero-order chi connectivity index (χ0) is 13.8. The highest BCUT2D eigenvalue weighted by molar-refractivity contribution is 5.92. The summed E-state index contributed by atoms with van der Waals surface area (Å²) in [5.74, 6) is 0.0994. The van der Waals surface area contributed by atoms with E-state index in [9.17, 15) is 4.79 Å². The van der Waals surface area contributed by atoms with Crippen LogP contribution < -0.4 is 5.73 Å². The first-order valence-corrected chi connectivity index (χ1v) is 7.18. The maximum Gasteiger partial charge on any atom is 0.272 e. The van der Waals surface area contributed by atoms with Gasteiger partial charge < -0.3 is 10.6 Å². The third-order valence-corrected chi connectivity index (χ3v) is 3.95. The van der Waals surface area contributed by atoms with E-state index in [0.29, 0.717) is 17.8 Å². The van der Waals surface area contributed by atoms with Crippen molar-refractivity contribution in [3.8, 4) is 0 Å². The van der Waals surface area contributed by atoms with Crippen molar-refractivity contribution in [2.75, 3.05) is 6.54 Å². The van der Waals surface area contributed by atoms with Gasteiger partial charge in [-0.05, 0) is 38.2 Å². The second-order valence-electron chi connectivity index (χ2n) is 5.41. The van der Waals surface area contributed by atoms with Crippen molar-refractivity contribution in [2.45, 2.75) is 51.1 Å². The molecule has 2 rings (SSSR count). The Morgan fingerprint density at radius 3 is 2.68 bits per heavy atom.